The van der Waals surface area contributed by atoms with Crippen LogP contribution in [0.15, 0.2) is 48.7 Å². The van der Waals surface area contributed by atoms with Gasteiger partial charge in [-0.25, -0.2) is 4.79 Å². The lowest BCUT2D eigenvalue weighted by Crippen LogP contribution is -2.42. The van der Waals surface area contributed by atoms with Gasteiger partial charge in [-0.2, -0.15) is 0 Å². The second-order valence-corrected chi connectivity index (χ2v) is 7.47. The van der Waals surface area contributed by atoms with E-state index in [1.54, 1.807) is 6.07 Å². The Morgan fingerprint density at radius 1 is 1.24 bits per heavy atom. The van der Waals surface area contributed by atoms with Gasteiger partial charge < -0.3 is 20.9 Å². The lowest BCUT2D eigenvalue weighted by molar-refractivity contribution is 0.1000. The molecule has 29 heavy (non-hydrogen) atoms. The van der Waals surface area contributed by atoms with Gasteiger partial charge in [-0.1, -0.05) is 24.3 Å². The molecular weight excluding hydrogens is 364 g/mol. The summed E-state index contributed by atoms with van der Waals surface area (Å²) in [6, 6.07) is 13.7. The highest BCUT2D eigenvalue weighted by atomic mass is 16.2. The molecule has 0 radical (unpaired) electrons. The van der Waals surface area contributed by atoms with Gasteiger partial charge in [0.05, 0.1) is 6.04 Å². The van der Waals surface area contributed by atoms with Gasteiger partial charge in [0.1, 0.15) is 0 Å². The molecule has 0 fully saturated rings. The van der Waals surface area contributed by atoms with E-state index in [2.05, 4.69) is 22.4 Å². The number of aryl methyl sites for hydroxylation is 1. The summed E-state index contributed by atoms with van der Waals surface area (Å²) in [6.07, 6.45) is 4.49. The van der Waals surface area contributed by atoms with Crippen LogP contribution >= 0.6 is 0 Å². The van der Waals surface area contributed by atoms with Gasteiger partial charge in [0.15, 0.2) is 0 Å². The quantitative estimate of drug-likeness (QED) is 0.601. The fourth-order valence-corrected chi connectivity index (χ4v) is 4.30. The number of hydrogen-bond acceptors (Lipinski definition) is 2. The zero-order chi connectivity index (χ0) is 20.4. The van der Waals surface area contributed by atoms with Crippen molar-refractivity contribution in [2.24, 2.45) is 5.73 Å². The number of aromatic amines is 1. The van der Waals surface area contributed by atoms with Crippen LogP contribution in [-0.4, -0.2) is 34.9 Å². The maximum atomic E-state index is 12.9. The number of fused-ring (bicyclic) bond motifs is 2. The summed E-state index contributed by atoms with van der Waals surface area (Å²) in [7, 11) is 0. The Morgan fingerprint density at radius 2 is 2.07 bits per heavy atom. The topological polar surface area (TPSA) is 91.2 Å². The average Bonchev–Trinajstić information content (AvgIpc) is 3.32. The summed E-state index contributed by atoms with van der Waals surface area (Å²) < 4.78 is 0. The molecule has 3 amide bonds. The van der Waals surface area contributed by atoms with Crippen LogP contribution in [0.25, 0.3) is 10.9 Å². The van der Waals surface area contributed by atoms with Crippen molar-refractivity contribution in [3.8, 4) is 0 Å². The van der Waals surface area contributed by atoms with Crippen molar-refractivity contribution >= 4 is 22.8 Å². The van der Waals surface area contributed by atoms with Crippen LogP contribution in [0.5, 0.6) is 0 Å². The van der Waals surface area contributed by atoms with Crippen LogP contribution in [0.3, 0.4) is 0 Å². The number of hydrogen-bond donors (Lipinski definition) is 3. The predicted molar refractivity (Wildman–Crippen MR) is 114 cm³/mol. The number of aromatic nitrogens is 1. The SMILES string of the molecule is CCNC(=O)N(CCc1c[nH]c2ccccc12)C1CCc2cc(C(N)=O)ccc21. The first kappa shape index (κ1) is 19.1. The first-order valence-corrected chi connectivity index (χ1v) is 10.1. The number of H-pyrrole nitrogens is 1. The minimum absolute atomic E-state index is 0.00341. The standard InChI is InChI=1S/C23H26N4O2/c1-2-25-23(29)27(12-11-17-14-26-20-6-4-3-5-18(17)20)21-10-8-15-13-16(22(24)28)7-9-19(15)21/h3-7,9,13-14,21,26H,2,8,10-12H2,1H3,(H2,24,28)(H,25,29). The minimum atomic E-state index is -0.420. The molecule has 1 atom stereocenters. The van der Waals surface area contributed by atoms with Gasteiger partial charge in [-0.3, -0.25) is 4.79 Å². The minimum Gasteiger partial charge on any atom is -0.366 e. The van der Waals surface area contributed by atoms with E-state index in [4.69, 9.17) is 5.73 Å². The molecule has 0 bridgehead atoms. The molecule has 3 aromatic rings. The van der Waals surface area contributed by atoms with Crippen molar-refractivity contribution in [1.82, 2.24) is 15.2 Å². The Hall–Kier alpha value is -3.28. The highest BCUT2D eigenvalue weighted by molar-refractivity contribution is 5.93. The molecule has 0 aliphatic heterocycles. The van der Waals surface area contributed by atoms with Gasteiger partial charge >= 0.3 is 6.03 Å². The second kappa shape index (κ2) is 7.99. The number of rotatable bonds is 6. The molecule has 0 saturated heterocycles. The van der Waals surface area contributed by atoms with Crippen molar-refractivity contribution < 1.29 is 9.59 Å². The van der Waals surface area contributed by atoms with E-state index in [9.17, 15) is 9.59 Å². The van der Waals surface area contributed by atoms with E-state index in [-0.39, 0.29) is 12.1 Å². The molecule has 0 spiro atoms. The number of para-hydroxylation sites is 1. The first-order chi connectivity index (χ1) is 14.1. The highest BCUT2D eigenvalue weighted by Crippen LogP contribution is 2.36. The van der Waals surface area contributed by atoms with Crippen molar-refractivity contribution in [2.75, 3.05) is 13.1 Å². The Morgan fingerprint density at radius 3 is 2.86 bits per heavy atom. The predicted octanol–water partition coefficient (Wildman–Crippen LogP) is 3.53. The second-order valence-electron chi connectivity index (χ2n) is 7.47. The van der Waals surface area contributed by atoms with E-state index in [0.717, 1.165) is 35.9 Å². The number of urea groups is 1. The molecule has 1 aliphatic carbocycles. The number of benzene rings is 2. The number of nitrogens with two attached hydrogens (primary N) is 1. The number of nitrogens with zero attached hydrogens (tertiary/aromatic N) is 1. The zero-order valence-corrected chi connectivity index (χ0v) is 16.6. The van der Waals surface area contributed by atoms with Gasteiger partial charge in [-0.05, 0) is 61.1 Å². The van der Waals surface area contributed by atoms with E-state index in [1.165, 1.54) is 10.9 Å². The Balaban J connectivity index is 1.59. The van der Waals surface area contributed by atoms with Crippen LogP contribution in [0.4, 0.5) is 4.79 Å². The molecule has 1 aromatic heterocycles. The van der Waals surface area contributed by atoms with E-state index in [1.807, 2.05) is 42.3 Å². The third kappa shape index (κ3) is 3.70. The molecule has 2 aromatic carbocycles. The Kier molecular flexibility index (Phi) is 5.25. The smallest absolute Gasteiger partial charge is 0.317 e. The van der Waals surface area contributed by atoms with Crippen molar-refractivity contribution in [1.29, 1.82) is 0 Å². The van der Waals surface area contributed by atoms with Gasteiger partial charge in [0.2, 0.25) is 5.91 Å². The lowest BCUT2D eigenvalue weighted by atomic mass is 10.0. The maximum Gasteiger partial charge on any atom is 0.317 e. The summed E-state index contributed by atoms with van der Waals surface area (Å²) in [5.41, 5.74) is 10.5. The van der Waals surface area contributed by atoms with Gasteiger partial charge in [0.25, 0.3) is 0 Å². The number of carbonyl (C=O) groups is 2. The van der Waals surface area contributed by atoms with E-state index >= 15 is 0 Å². The van der Waals surface area contributed by atoms with Crippen molar-refractivity contribution in [2.45, 2.75) is 32.2 Å². The van der Waals surface area contributed by atoms with Crippen LogP contribution < -0.4 is 11.1 Å². The first-order valence-electron chi connectivity index (χ1n) is 10.1. The fraction of sp³-hybridized carbons (Fsp3) is 0.304. The molecule has 1 unspecified atom stereocenters. The van der Waals surface area contributed by atoms with Crippen LogP contribution in [0, 0.1) is 0 Å². The maximum absolute atomic E-state index is 12.9. The van der Waals surface area contributed by atoms with Crippen LogP contribution in [0.1, 0.15) is 46.4 Å². The molecule has 6 heteroatoms. The number of nitrogens with one attached hydrogen (secondary N) is 2. The normalized spacial score (nSPS) is 15.3. The van der Waals surface area contributed by atoms with Crippen LogP contribution in [0.2, 0.25) is 0 Å². The molecule has 4 rings (SSSR count). The number of amides is 3. The third-order valence-electron chi connectivity index (χ3n) is 5.74. The molecule has 1 aliphatic rings. The number of primary amides is 1. The highest BCUT2D eigenvalue weighted by Gasteiger charge is 2.31. The zero-order valence-electron chi connectivity index (χ0n) is 16.6. The van der Waals surface area contributed by atoms with Crippen molar-refractivity contribution in [3.05, 3.63) is 70.9 Å². The molecule has 0 saturated carbocycles. The molecule has 1 heterocycles. The van der Waals surface area contributed by atoms with Gasteiger partial charge in [-0.15, -0.1) is 0 Å². The average molecular weight is 390 g/mol. The molecule has 4 N–H and O–H groups in total. The van der Waals surface area contributed by atoms with Crippen LogP contribution in [-0.2, 0) is 12.8 Å². The van der Waals surface area contributed by atoms with E-state index < -0.39 is 5.91 Å². The Labute approximate surface area is 170 Å². The fourth-order valence-electron chi connectivity index (χ4n) is 4.30. The summed E-state index contributed by atoms with van der Waals surface area (Å²) in [4.78, 5) is 29.6. The summed E-state index contributed by atoms with van der Waals surface area (Å²) in [6.45, 7) is 3.13. The Bertz CT molecular complexity index is 1060. The summed E-state index contributed by atoms with van der Waals surface area (Å²) in [5.74, 6) is -0.420. The third-order valence-corrected chi connectivity index (χ3v) is 5.74. The van der Waals surface area contributed by atoms with Gasteiger partial charge in [0, 0.05) is 35.8 Å². The number of carbonyl (C=O) groups excluding carboxylic acids is 2. The molecule has 6 nitrogen and oxygen atoms in total. The van der Waals surface area contributed by atoms with E-state index in [0.29, 0.717) is 18.7 Å². The largest absolute Gasteiger partial charge is 0.366 e. The summed E-state index contributed by atoms with van der Waals surface area (Å²) >= 11 is 0. The molecule has 150 valence electrons. The summed E-state index contributed by atoms with van der Waals surface area (Å²) in [5, 5.41) is 4.15. The molecular formula is C23H26N4O2. The monoisotopic (exact) mass is 390 g/mol. The van der Waals surface area contributed by atoms with Crippen molar-refractivity contribution in [3.63, 3.8) is 0 Å². The lowest BCUT2D eigenvalue weighted by Gasteiger charge is -2.30.